The second kappa shape index (κ2) is 9.03. The van der Waals surface area contributed by atoms with Crippen LogP contribution in [-0.4, -0.2) is 60.6 Å². The highest BCUT2D eigenvalue weighted by Gasteiger charge is 2.27. The van der Waals surface area contributed by atoms with Crippen LogP contribution in [0.25, 0.3) is 0 Å². The maximum absolute atomic E-state index is 12.4. The minimum atomic E-state index is -0.149. The molecule has 3 amide bonds. The number of hydrogen-bond donors (Lipinski definition) is 1. The molecule has 2 saturated heterocycles. The molecule has 2 heterocycles. The molecule has 3 rings (SSSR count). The number of piperazine rings is 1. The van der Waals surface area contributed by atoms with Gasteiger partial charge >= 0.3 is 6.03 Å². The summed E-state index contributed by atoms with van der Waals surface area (Å²) in [5.74, 6) is 0.00240. The van der Waals surface area contributed by atoms with Gasteiger partial charge in [0.25, 0.3) is 0 Å². The number of carbonyl (C=O) groups excluding carboxylic acids is 2. The van der Waals surface area contributed by atoms with Crippen LogP contribution in [0.2, 0.25) is 0 Å². The summed E-state index contributed by atoms with van der Waals surface area (Å²) in [6.07, 6.45) is 4.52. The maximum atomic E-state index is 12.4. The summed E-state index contributed by atoms with van der Waals surface area (Å²) in [5, 5.41) is 2.93. The fourth-order valence-electron chi connectivity index (χ4n) is 3.45. The smallest absolute Gasteiger partial charge is 0.317 e. The second-order valence-corrected chi connectivity index (χ2v) is 7.23. The number of amides is 3. The first-order valence-electron chi connectivity index (χ1n) is 9.59. The quantitative estimate of drug-likeness (QED) is 0.878. The average Bonchev–Trinajstić information content (AvgIpc) is 2.66. The first-order valence-corrected chi connectivity index (χ1v) is 9.59. The molecule has 2 aliphatic heterocycles. The molecule has 2 aliphatic rings. The molecule has 1 atom stereocenters. The lowest BCUT2D eigenvalue weighted by Gasteiger charge is -2.34. The zero-order valence-corrected chi connectivity index (χ0v) is 15.6. The molecule has 26 heavy (non-hydrogen) atoms. The van der Waals surface area contributed by atoms with Gasteiger partial charge < -0.3 is 19.9 Å². The molecular formula is C20H29N3O3. The summed E-state index contributed by atoms with van der Waals surface area (Å²) in [5.41, 5.74) is 2.33. The van der Waals surface area contributed by atoms with Crippen LogP contribution < -0.4 is 5.32 Å². The van der Waals surface area contributed by atoms with E-state index < -0.39 is 0 Å². The van der Waals surface area contributed by atoms with E-state index >= 15 is 0 Å². The highest BCUT2D eigenvalue weighted by Crippen LogP contribution is 2.15. The van der Waals surface area contributed by atoms with Gasteiger partial charge in [0.1, 0.15) is 6.54 Å². The van der Waals surface area contributed by atoms with Crippen LogP contribution in [0.5, 0.6) is 0 Å². The molecule has 0 spiro atoms. The molecular weight excluding hydrogens is 330 g/mol. The van der Waals surface area contributed by atoms with Crippen molar-refractivity contribution in [3.63, 3.8) is 0 Å². The largest absolute Gasteiger partial charge is 0.378 e. The SMILES string of the molecule is Cc1ccc(CN2CCN(C(=O)NCC[C@@H]3CCCCO3)CC2=O)cc1. The van der Waals surface area contributed by atoms with E-state index in [4.69, 9.17) is 4.74 Å². The summed E-state index contributed by atoms with van der Waals surface area (Å²) in [4.78, 5) is 28.1. The third-order valence-electron chi connectivity index (χ3n) is 5.12. The minimum absolute atomic E-state index is 0.00240. The number of benzene rings is 1. The Morgan fingerprint density at radius 2 is 2.04 bits per heavy atom. The summed E-state index contributed by atoms with van der Waals surface area (Å²) < 4.78 is 5.67. The van der Waals surface area contributed by atoms with Crippen LogP contribution in [0, 0.1) is 6.92 Å². The third kappa shape index (κ3) is 5.21. The van der Waals surface area contributed by atoms with Crippen molar-refractivity contribution >= 4 is 11.9 Å². The Labute approximate surface area is 155 Å². The van der Waals surface area contributed by atoms with Crippen LogP contribution in [0.15, 0.2) is 24.3 Å². The number of rotatable bonds is 5. The summed E-state index contributed by atoms with van der Waals surface area (Å²) in [6, 6.07) is 8.06. The normalized spacial score (nSPS) is 21.0. The third-order valence-corrected chi connectivity index (χ3v) is 5.12. The molecule has 0 aliphatic carbocycles. The van der Waals surface area contributed by atoms with Crippen molar-refractivity contribution in [3.05, 3.63) is 35.4 Å². The van der Waals surface area contributed by atoms with E-state index in [2.05, 4.69) is 29.6 Å². The summed E-state index contributed by atoms with van der Waals surface area (Å²) >= 11 is 0. The molecule has 0 radical (unpaired) electrons. The fourth-order valence-corrected chi connectivity index (χ4v) is 3.45. The number of aryl methyl sites for hydroxylation is 1. The van der Waals surface area contributed by atoms with Gasteiger partial charge in [0.15, 0.2) is 0 Å². The van der Waals surface area contributed by atoms with Crippen molar-refractivity contribution in [1.82, 2.24) is 15.1 Å². The van der Waals surface area contributed by atoms with Crippen LogP contribution in [0.4, 0.5) is 4.79 Å². The van der Waals surface area contributed by atoms with Crippen molar-refractivity contribution in [1.29, 1.82) is 0 Å². The molecule has 6 heteroatoms. The monoisotopic (exact) mass is 359 g/mol. The van der Waals surface area contributed by atoms with E-state index in [1.807, 2.05) is 11.8 Å². The van der Waals surface area contributed by atoms with Gasteiger partial charge in [-0.3, -0.25) is 4.79 Å². The first kappa shape index (κ1) is 18.7. The Kier molecular flexibility index (Phi) is 6.50. The number of carbonyl (C=O) groups is 2. The first-order chi connectivity index (χ1) is 12.6. The van der Waals surface area contributed by atoms with Gasteiger partial charge in [-0.25, -0.2) is 4.79 Å². The lowest BCUT2D eigenvalue weighted by molar-refractivity contribution is -0.135. The van der Waals surface area contributed by atoms with Crippen molar-refractivity contribution in [3.8, 4) is 0 Å². The second-order valence-electron chi connectivity index (χ2n) is 7.23. The van der Waals surface area contributed by atoms with Crippen molar-refractivity contribution < 1.29 is 14.3 Å². The summed E-state index contributed by atoms with van der Waals surface area (Å²) in [6.45, 7) is 5.38. The van der Waals surface area contributed by atoms with Gasteiger partial charge in [0.2, 0.25) is 5.91 Å². The Morgan fingerprint density at radius 1 is 1.23 bits per heavy atom. The van der Waals surface area contributed by atoms with Crippen LogP contribution in [0.3, 0.4) is 0 Å². The number of hydrogen-bond acceptors (Lipinski definition) is 3. The Morgan fingerprint density at radius 3 is 2.73 bits per heavy atom. The van der Waals surface area contributed by atoms with Gasteiger partial charge in [-0.2, -0.15) is 0 Å². The molecule has 0 unspecified atom stereocenters. The van der Waals surface area contributed by atoms with Crippen molar-refractivity contribution in [2.45, 2.75) is 45.3 Å². The van der Waals surface area contributed by atoms with Crippen molar-refractivity contribution in [2.24, 2.45) is 0 Å². The molecule has 1 aromatic rings. The minimum Gasteiger partial charge on any atom is -0.378 e. The summed E-state index contributed by atoms with van der Waals surface area (Å²) in [7, 11) is 0. The number of nitrogens with zero attached hydrogens (tertiary/aromatic N) is 2. The predicted octanol–water partition coefficient (Wildman–Crippen LogP) is 2.31. The highest BCUT2D eigenvalue weighted by molar-refractivity contribution is 5.85. The fraction of sp³-hybridized carbons (Fsp3) is 0.600. The zero-order valence-electron chi connectivity index (χ0n) is 15.6. The Balaban J connectivity index is 1.40. The van der Waals surface area contributed by atoms with Crippen LogP contribution >= 0.6 is 0 Å². The molecule has 1 N–H and O–H groups in total. The van der Waals surface area contributed by atoms with Gasteiger partial charge in [0, 0.05) is 32.8 Å². The van der Waals surface area contributed by atoms with Crippen LogP contribution in [0.1, 0.15) is 36.8 Å². The van der Waals surface area contributed by atoms with E-state index in [0.717, 1.165) is 31.4 Å². The van der Waals surface area contributed by atoms with Gasteiger partial charge in [-0.15, -0.1) is 0 Å². The lowest BCUT2D eigenvalue weighted by Crippen LogP contribution is -2.54. The number of urea groups is 1. The van der Waals surface area contributed by atoms with E-state index in [-0.39, 0.29) is 24.6 Å². The van der Waals surface area contributed by atoms with E-state index in [9.17, 15) is 9.59 Å². The average molecular weight is 359 g/mol. The molecule has 1 aromatic carbocycles. The standard InChI is InChI=1S/C20H29N3O3/c1-16-5-7-17(8-6-16)14-22-11-12-23(15-19(22)24)20(25)21-10-9-18-4-2-3-13-26-18/h5-8,18H,2-4,9-15H2,1H3,(H,21,25)/t18-/m0/s1. The number of ether oxygens (including phenoxy) is 1. The van der Waals surface area contributed by atoms with E-state index in [0.29, 0.717) is 26.2 Å². The van der Waals surface area contributed by atoms with Gasteiger partial charge in [-0.1, -0.05) is 29.8 Å². The van der Waals surface area contributed by atoms with Gasteiger partial charge in [-0.05, 0) is 38.2 Å². The molecule has 0 bridgehead atoms. The van der Waals surface area contributed by atoms with Gasteiger partial charge in [0.05, 0.1) is 6.10 Å². The van der Waals surface area contributed by atoms with Crippen LogP contribution in [-0.2, 0) is 16.1 Å². The van der Waals surface area contributed by atoms with E-state index in [1.165, 1.54) is 12.0 Å². The Bertz CT molecular complexity index is 611. The zero-order chi connectivity index (χ0) is 18.4. The highest BCUT2D eigenvalue weighted by atomic mass is 16.5. The molecule has 0 saturated carbocycles. The maximum Gasteiger partial charge on any atom is 0.317 e. The molecule has 142 valence electrons. The molecule has 2 fully saturated rings. The van der Waals surface area contributed by atoms with Crippen molar-refractivity contribution in [2.75, 3.05) is 32.8 Å². The lowest BCUT2D eigenvalue weighted by atomic mass is 10.1. The number of nitrogens with one attached hydrogen (secondary N) is 1. The Hall–Kier alpha value is -2.08. The topological polar surface area (TPSA) is 61.9 Å². The predicted molar refractivity (Wildman–Crippen MR) is 99.8 cm³/mol. The molecule has 6 nitrogen and oxygen atoms in total. The molecule has 0 aromatic heterocycles. The van der Waals surface area contributed by atoms with E-state index in [1.54, 1.807) is 4.90 Å².